The number of aromatic nitrogens is 2. The highest BCUT2D eigenvalue weighted by molar-refractivity contribution is 5.97. The van der Waals surface area contributed by atoms with Gasteiger partial charge in [-0.25, -0.2) is 9.78 Å². The van der Waals surface area contributed by atoms with Crippen LogP contribution < -0.4 is 16.0 Å². The van der Waals surface area contributed by atoms with Crippen molar-refractivity contribution in [2.75, 3.05) is 25.5 Å². The van der Waals surface area contributed by atoms with Gasteiger partial charge in [0, 0.05) is 38.2 Å². The first-order valence-corrected chi connectivity index (χ1v) is 15.3. The number of benzene rings is 1. The molecule has 0 radical (unpaired) electrons. The number of carbonyl (C=O) groups excluding carboxylic acids is 4. The third kappa shape index (κ3) is 8.34. The molecule has 1 aromatic heterocycles. The van der Waals surface area contributed by atoms with Gasteiger partial charge in [0.1, 0.15) is 17.8 Å². The number of nitrogens with one attached hydrogen (secondary N) is 3. The van der Waals surface area contributed by atoms with E-state index >= 15 is 0 Å². The maximum absolute atomic E-state index is 14.1. The molecule has 2 aliphatic rings. The maximum atomic E-state index is 14.1. The molecule has 4 rings (SSSR count). The number of likely N-dealkylation sites (tertiary alicyclic amines) is 1. The van der Waals surface area contributed by atoms with Crippen LogP contribution in [0.5, 0.6) is 0 Å². The first-order valence-electron chi connectivity index (χ1n) is 15.3. The molecule has 1 aromatic carbocycles. The number of carboxylic acid groups (broad SMARTS) is 1. The highest BCUT2D eigenvalue weighted by Crippen LogP contribution is 2.29. The molecule has 2 heterocycles. The number of carbonyl (C=O) groups is 5. The molecule has 4 atom stereocenters. The summed E-state index contributed by atoms with van der Waals surface area (Å²) in [5.41, 5.74) is -0.123. The van der Waals surface area contributed by atoms with Crippen molar-refractivity contribution in [3.8, 4) is 0 Å². The Balaban J connectivity index is 1.52. The number of urea groups is 1. The first-order chi connectivity index (χ1) is 21.4. The molecule has 1 aliphatic carbocycles. The van der Waals surface area contributed by atoms with Gasteiger partial charge in [-0.3, -0.25) is 24.2 Å². The molecule has 2 fully saturated rings. The van der Waals surface area contributed by atoms with Gasteiger partial charge in [0.15, 0.2) is 0 Å². The topological polar surface area (TPSA) is 174 Å². The minimum atomic E-state index is -1.13. The number of amides is 5. The van der Waals surface area contributed by atoms with Gasteiger partial charge in [-0.2, -0.15) is 0 Å². The van der Waals surface area contributed by atoms with E-state index in [1.807, 2.05) is 6.07 Å². The van der Waals surface area contributed by atoms with Crippen molar-refractivity contribution in [3.63, 3.8) is 0 Å². The Morgan fingerprint density at radius 3 is 2.27 bits per heavy atom. The van der Waals surface area contributed by atoms with Gasteiger partial charge in [-0.05, 0) is 36.3 Å². The van der Waals surface area contributed by atoms with E-state index in [1.54, 1.807) is 45.0 Å². The van der Waals surface area contributed by atoms with Crippen LogP contribution in [0.4, 0.5) is 10.5 Å². The molecule has 0 unspecified atom stereocenters. The summed E-state index contributed by atoms with van der Waals surface area (Å²) >= 11 is 0. The molecule has 4 N–H and O–H groups in total. The molecule has 5 amide bonds. The van der Waals surface area contributed by atoms with E-state index in [4.69, 9.17) is 0 Å². The summed E-state index contributed by atoms with van der Waals surface area (Å²) in [5, 5.41) is 18.5. The van der Waals surface area contributed by atoms with Gasteiger partial charge in [0.05, 0.1) is 18.2 Å². The van der Waals surface area contributed by atoms with E-state index in [0.717, 1.165) is 32.1 Å². The van der Waals surface area contributed by atoms with Gasteiger partial charge in [0.25, 0.3) is 5.91 Å². The highest BCUT2D eigenvalue weighted by Gasteiger charge is 2.46. The Morgan fingerprint density at radius 2 is 1.67 bits per heavy atom. The van der Waals surface area contributed by atoms with E-state index in [9.17, 15) is 29.1 Å². The number of anilines is 1. The number of para-hydroxylation sites is 1. The van der Waals surface area contributed by atoms with Crippen LogP contribution in [-0.4, -0.2) is 92.9 Å². The maximum Gasteiger partial charge on any atom is 0.321 e. The summed E-state index contributed by atoms with van der Waals surface area (Å²) in [6.45, 7) is 5.34. The lowest BCUT2D eigenvalue weighted by Gasteiger charge is -2.38. The minimum absolute atomic E-state index is 0.00154. The van der Waals surface area contributed by atoms with Crippen molar-refractivity contribution in [3.05, 3.63) is 54.6 Å². The smallest absolute Gasteiger partial charge is 0.321 e. The van der Waals surface area contributed by atoms with Crippen LogP contribution >= 0.6 is 0 Å². The zero-order valence-electron chi connectivity index (χ0n) is 26.2. The van der Waals surface area contributed by atoms with Crippen LogP contribution in [0.1, 0.15) is 63.4 Å². The van der Waals surface area contributed by atoms with E-state index < -0.39 is 59.2 Å². The average molecular weight is 622 g/mol. The number of hydrogen-bond donors (Lipinski definition) is 4. The predicted octanol–water partition coefficient (Wildman–Crippen LogP) is 2.76. The Labute approximate surface area is 263 Å². The SMILES string of the molecule is CN(C(=O)[C@@H](NC(=O)[C@@H](NC(=O)c1cnccn1)C1CCCCC1)C(C)(C)C)[C@H]1CN(C(=O)Nc2ccccc2)C[C@H]1C(=O)O. The summed E-state index contributed by atoms with van der Waals surface area (Å²) in [6.07, 6.45) is 8.56. The molecule has 2 aromatic rings. The van der Waals surface area contributed by atoms with Crippen LogP contribution in [-0.2, 0) is 14.4 Å². The predicted molar refractivity (Wildman–Crippen MR) is 166 cm³/mol. The Bertz CT molecular complexity index is 1360. The fourth-order valence-electron chi connectivity index (χ4n) is 6.06. The molecule has 0 bridgehead atoms. The fourth-order valence-corrected chi connectivity index (χ4v) is 6.06. The number of nitrogens with zero attached hydrogens (tertiary/aromatic N) is 4. The van der Waals surface area contributed by atoms with Crippen molar-refractivity contribution in [1.82, 2.24) is 30.4 Å². The number of carboxylic acids is 1. The lowest BCUT2D eigenvalue weighted by molar-refractivity contribution is -0.146. The average Bonchev–Trinajstić information content (AvgIpc) is 3.49. The highest BCUT2D eigenvalue weighted by atomic mass is 16.4. The molecule has 13 heteroatoms. The largest absolute Gasteiger partial charge is 0.481 e. The Kier molecular flexibility index (Phi) is 10.7. The van der Waals surface area contributed by atoms with E-state index in [-0.39, 0.29) is 24.7 Å². The van der Waals surface area contributed by atoms with Gasteiger partial charge >= 0.3 is 12.0 Å². The summed E-state index contributed by atoms with van der Waals surface area (Å²) < 4.78 is 0. The molecule has 45 heavy (non-hydrogen) atoms. The van der Waals surface area contributed by atoms with Crippen LogP contribution in [0.15, 0.2) is 48.9 Å². The van der Waals surface area contributed by atoms with E-state index in [2.05, 4.69) is 25.9 Å². The fraction of sp³-hybridized carbons (Fsp3) is 0.531. The molecule has 13 nitrogen and oxygen atoms in total. The third-order valence-electron chi connectivity index (χ3n) is 8.65. The normalized spacial score (nSPS) is 20.0. The molecular formula is C32H43N7O6. The number of hydrogen-bond acceptors (Lipinski definition) is 7. The molecular weight excluding hydrogens is 578 g/mol. The lowest BCUT2D eigenvalue weighted by atomic mass is 9.82. The molecule has 0 spiro atoms. The van der Waals surface area contributed by atoms with Crippen LogP contribution in [0.2, 0.25) is 0 Å². The second-order valence-electron chi connectivity index (χ2n) is 12.9. The first kappa shape index (κ1) is 33.3. The Morgan fingerprint density at radius 1 is 0.978 bits per heavy atom. The van der Waals surface area contributed by atoms with Crippen molar-refractivity contribution in [2.24, 2.45) is 17.3 Å². The minimum Gasteiger partial charge on any atom is -0.481 e. The van der Waals surface area contributed by atoms with Crippen LogP contribution in [0.3, 0.4) is 0 Å². The lowest BCUT2D eigenvalue weighted by Crippen LogP contribution is -2.61. The summed E-state index contributed by atoms with van der Waals surface area (Å²) in [6, 6.07) is 5.57. The molecule has 242 valence electrons. The Hall–Kier alpha value is -4.55. The molecule has 1 saturated heterocycles. The zero-order chi connectivity index (χ0) is 32.7. The summed E-state index contributed by atoms with van der Waals surface area (Å²) in [7, 11) is 1.50. The van der Waals surface area contributed by atoms with Crippen LogP contribution in [0, 0.1) is 17.3 Å². The zero-order valence-corrected chi connectivity index (χ0v) is 26.2. The van der Waals surface area contributed by atoms with Crippen molar-refractivity contribution in [1.29, 1.82) is 0 Å². The van der Waals surface area contributed by atoms with Crippen molar-refractivity contribution < 1.29 is 29.1 Å². The summed E-state index contributed by atoms with van der Waals surface area (Å²) in [5.74, 6) is -3.80. The van der Waals surface area contributed by atoms with Gasteiger partial charge in [-0.15, -0.1) is 0 Å². The van der Waals surface area contributed by atoms with E-state index in [0.29, 0.717) is 5.69 Å². The second kappa shape index (κ2) is 14.5. The van der Waals surface area contributed by atoms with E-state index in [1.165, 1.54) is 35.4 Å². The number of likely N-dealkylation sites (N-methyl/N-ethyl adjacent to an activating group) is 1. The number of aliphatic carboxylic acids is 1. The standard InChI is InChI=1S/C32H43N7O6/c1-32(2,3)26(37-28(41)25(20-11-7-5-8-12-20)36-27(40)23-17-33-15-16-34-23)29(42)38(4)24-19-39(18-22(24)30(43)44)31(45)35-21-13-9-6-10-14-21/h6,9-10,13-17,20,22,24-26H,5,7-8,11-12,18-19H2,1-4H3,(H,35,45)(H,36,40)(H,37,41)(H,43,44)/t22-,24+,25+,26-/m1/s1. The van der Waals surface area contributed by atoms with Crippen molar-refractivity contribution in [2.45, 2.75) is 71.0 Å². The molecule has 1 saturated carbocycles. The van der Waals surface area contributed by atoms with Crippen molar-refractivity contribution >= 4 is 35.4 Å². The summed E-state index contributed by atoms with van der Waals surface area (Å²) in [4.78, 5) is 77.0. The number of rotatable bonds is 9. The quantitative estimate of drug-likeness (QED) is 0.331. The molecule has 1 aliphatic heterocycles. The monoisotopic (exact) mass is 621 g/mol. The van der Waals surface area contributed by atoms with Gasteiger partial charge in [-0.1, -0.05) is 58.2 Å². The van der Waals surface area contributed by atoms with Gasteiger partial charge < -0.3 is 30.9 Å². The van der Waals surface area contributed by atoms with Gasteiger partial charge in [0.2, 0.25) is 11.8 Å². The third-order valence-corrected chi connectivity index (χ3v) is 8.65. The second-order valence-corrected chi connectivity index (χ2v) is 12.9. The van der Waals surface area contributed by atoms with Crippen LogP contribution in [0.25, 0.3) is 0 Å².